The van der Waals surface area contributed by atoms with E-state index in [-0.39, 0.29) is 73.4 Å². The van der Waals surface area contributed by atoms with Crippen LogP contribution in [0, 0.1) is 38.0 Å². The standard InChI is InChI=1S/C48H58N4O13/c1-3-23-50(47(55)63-35-19-17-33(18-20-35)51(56)57)43-31-41(49-65-44-16-7-10-27-60-44)39-28-32(12-5-8-24-53)38(15-6-9-25-54)45-40-30-37(62-36-14-11-13-34(29-36)52(58)59)21-22-42(40)64-48(43,46(39)45)61-26-4-2/h4,11,13-14,17-22,28-30,32,38,43-46,53-54H,2-3,5-10,12,15-16,23-27,31H2,1H3. The number of carbonyl (C=O) groups excluding carboxylic acids is 1. The van der Waals surface area contributed by atoms with Crippen molar-refractivity contribution in [2.24, 2.45) is 22.9 Å². The summed E-state index contributed by atoms with van der Waals surface area (Å²) in [7, 11) is 0. The first kappa shape index (κ1) is 47.1. The van der Waals surface area contributed by atoms with Crippen LogP contribution in [0.1, 0.15) is 89.0 Å². The number of aliphatic hydroxyl groups is 2. The third-order valence-corrected chi connectivity index (χ3v) is 12.7. The molecule has 2 aliphatic carbocycles. The number of non-ortho nitro benzene ring substituents is 2. The number of amides is 1. The topological polar surface area (TPSA) is 215 Å². The highest BCUT2D eigenvalue weighted by Crippen LogP contribution is 2.62. The Bertz CT molecular complexity index is 2210. The molecule has 65 heavy (non-hydrogen) atoms. The van der Waals surface area contributed by atoms with E-state index in [2.05, 4.69) is 12.7 Å². The molecule has 7 unspecified atom stereocenters. The molecule has 7 atom stereocenters. The van der Waals surface area contributed by atoms with Crippen LogP contribution in [0.2, 0.25) is 0 Å². The quantitative estimate of drug-likeness (QED) is 0.0442. The van der Waals surface area contributed by atoms with E-state index in [0.717, 1.165) is 36.8 Å². The second-order valence-electron chi connectivity index (χ2n) is 16.8. The zero-order valence-electron chi connectivity index (χ0n) is 36.7. The number of ether oxygens (including phenoxy) is 5. The molecular weight excluding hydrogens is 841 g/mol. The Morgan fingerprint density at radius 3 is 2.38 bits per heavy atom. The smallest absolute Gasteiger partial charge is 0.415 e. The van der Waals surface area contributed by atoms with Gasteiger partial charge in [0.15, 0.2) is 0 Å². The number of aliphatic hydroxyl groups excluding tert-OH is 2. The summed E-state index contributed by atoms with van der Waals surface area (Å²) in [5.74, 6) is -1.38. The normalized spacial score (nSPS) is 25.0. The first-order valence-corrected chi connectivity index (χ1v) is 22.6. The van der Waals surface area contributed by atoms with Crippen LogP contribution in [0.4, 0.5) is 16.2 Å². The van der Waals surface area contributed by atoms with E-state index in [9.17, 15) is 35.2 Å². The van der Waals surface area contributed by atoms with E-state index in [4.69, 9.17) is 33.7 Å². The minimum Gasteiger partial charge on any atom is -0.459 e. The molecule has 2 heterocycles. The van der Waals surface area contributed by atoms with Gasteiger partial charge < -0.3 is 38.7 Å². The maximum atomic E-state index is 14.7. The fourth-order valence-electron chi connectivity index (χ4n) is 9.84. The molecule has 1 saturated carbocycles. The van der Waals surface area contributed by atoms with Gasteiger partial charge in [-0.2, -0.15) is 0 Å². The number of hydrogen-bond donors (Lipinski definition) is 2. The van der Waals surface area contributed by atoms with E-state index in [1.807, 2.05) is 13.0 Å². The lowest BCUT2D eigenvalue weighted by Crippen LogP contribution is -2.70. The van der Waals surface area contributed by atoms with Gasteiger partial charge in [-0.05, 0) is 98.8 Å². The van der Waals surface area contributed by atoms with Gasteiger partial charge in [-0.15, -0.1) is 6.58 Å². The minimum atomic E-state index is -1.57. The molecule has 348 valence electrons. The number of benzene rings is 3. The van der Waals surface area contributed by atoms with E-state index < -0.39 is 40.0 Å². The molecule has 17 heteroatoms. The number of oxime groups is 1. The maximum absolute atomic E-state index is 14.7. The summed E-state index contributed by atoms with van der Waals surface area (Å²) in [5, 5.41) is 47.9. The Morgan fingerprint density at radius 2 is 1.69 bits per heavy atom. The average molecular weight is 899 g/mol. The highest BCUT2D eigenvalue weighted by atomic mass is 16.8. The van der Waals surface area contributed by atoms with Crippen molar-refractivity contribution in [1.29, 1.82) is 0 Å². The van der Waals surface area contributed by atoms with Crippen LogP contribution in [0.3, 0.4) is 0 Å². The summed E-state index contributed by atoms with van der Waals surface area (Å²) >= 11 is 0. The first-order valence-electron chi connectivity index (χ1n) is 22.6. The van der Waals surface area contributed by atoms with Crippen molar-refractivity contribution >= 4 is 23.2 Å². The predicted octanol–water partition coefficient (Wildman–Crippen LogP) is 9.37. The second kappa shape index (κ2) is 21.9. The fourth-order valence-corrected chi connectivity index (χ4v) is 9.84. The van der Waals surface area contributed by atoms with Gasteiger partial charge in [0.1, 0.15) is 29.0 Å². The molecule has 1 saturated heterocycles. The molecule has 0 radical (unpaired) electrons. The number of unbranched alkanes of at least 4 members (excludes halogenated alkanes) is 2. The van der Waals surface area contributed by atoms with Crippen molar-refractivity contribution in [1.82, 2.24) is 4.90 Å². The molecule has 0 spiro atoms. The number of hydrogen-bond acceptors (Lipinski definition) is 14. The monoisotopic (exact) mass is 898 g/mol. The Morgan fingerprint density at radius 1 is 0.954 bits per heavy atom. The van der Waals surface area contributed by atoms with Gasteiger partial charge in [-0.3, -0.25) is 25.1 Å². The molecule has 3 aromatic rings. The van der Waals surface area contributed by atoms with Crippen LogP contribution in [0.5, 0.6) is 23.0 Å². The lowest BCUT2D eigenvalue weighted by atomic mass is 9.55. The molecule has 0 bridgehead atoms. The van der Waals surface area contributed by atoms with E-state index >= 15 is 0 Å². The molecule has 7 rings (SSSR count). The Labute approximate surface area is 377 Å². The third-order valence-electron chi connectivity index (χ3n) is 12.7. The highest BCUT2D eigenvalue weighted by molar-refractivity contribution is 6.03. The van der Waals surface area contributed by atoms with Crippen molar-refractivity contribution in [3.05, 3.63) is 117 Å². The molecule has 2 aliphatic heterocycles. The molecule has 4 aliphatic rings. The lowest BCUT2D eigenvalue weighted by molar-refractivity contribution is -0.385. The van der Waals surface area contributed by atoms with Gasteiger partial charge in [0.05, 0.1) is 40.8 Å². The Hall–Kier alpha value is -5.88. The summed E-state index contributed by atoms with van der Waals surface area (Å²) in [4.78, 5) is 44.6. The number of carbonyl (C=O) groups is 1. The minimum absolute atomic E-state index is 0.0205. The van der Waals surface area contributed by atoms with Gasteiger partial charge in [0.2, 0.25) is 12.1 Å². The van der Waals surface area contributed by atoms with Crippen molar-refractivity contribution in [2.75, 3.05) is 33.0 Å². The van der Waals surface area contributed by atoms with Crippen LogP contribution >= 0.6 is 0 Å². The summed E-state index contributed by atoms with van der Waals surface area (Å²) < 4.78 is 32.5. The van der Waals surface area contributed by atoms with Crippen molar-refractivity contribution in [2.45, 2.75) is 102 Å². The predicted molar refractivity (Wildman–Crippen MR) is 239 cm³/mol. The van der Waals surface area contributed by atoms with Crippen molar-refractivity contribution in [3.63, 3.8) is 0 Å². The zero-order chi connectivity index (χ0) is 45.9. The lowest BCUT2D eigenvalue weighted by Gasteiger charge is -2.59. The Kier molecular flexibility index (Phi) is 15.8. The molecule has 2 fully saturated rings. The Balaban J connectivity index is 1.42. The van der Waals surface area contributed by atoms with Gasteiger partial charge >= 0.3 is 6.09 Å². The number of nitro benzene ring substituents is 2. The van der Waals surface area contributed by atoms with E-state index in [1.54, 1.807) is 35.2 Å². The fraction of sp³-hybridized carbons (Fsp3) is 0.500. The number of allylic oxidation sites excluding steroid dienone is 1. The zero-order valence-corrected chi connectivity index (χ0v) is 36.7. The summed E-state index contributed by atoms with van der Waals surface area (Å²) in [5.41, 5.74) is 1.94. The average Bonchev–Trinajstić information content (AvgIpc) is 3.31. The molecular formula is C48H58N4O13. The van der Waals surface area contributed by atoms with Crippen molar-refractivity contribution in [3.8, 4) is 23.0 Å². The summed E-state index contributed by atoms with van der Waals surface area (Å²) in [6.07, 6.45) is 9.78. The summed E-state index contributed by atoms with van der Waals surface area (Å²) in [6.45, 7) is 6.78. The molecule has 2 N–H and O–H groups in total. The van der Waals surface area contributed by atoms with E-state index in [0.29, 0.717) is 62.3 Å². The molecule has 17 nitrogen and oxygen atoms in total. The molecule has 3 aromatic carbocycles. The van der Waals surface area contributed by atoms with Crippen LogP contribution in [0.25, 0.3) is 0 Å². The number of rotatable bonds is 21. The second-order valence-corrected chi connectivity index (χ2v) is 16.8. The largest absolute Gasteiger partial charge is 0.459 e. The number of nitrogens with zero attached hydrogens (tertiary/aromatic N) is 4. The number of fused-ring (bicyclic) bond motifs is 2. The van der Waals surface area contributed by atoms with Gasteiger partial charge in [-0.25, -0.2) is 4.79 Å². The van der Waals surface area contributed by atoms with Crippen molar-refractivity contribution < 1.29 is 53.4 Å². The van der Waals surface area contributed by atoms with Gasteiger partial charge in [-0.1, -0.05) is 43.1 Å². The van der Waals surface area contributed by atoms with Crippen LogP contribution < -0.4 is 14.2 Å². The SMILES string of the molecule is C=CCOC12Oc3ccc(Oc4cccc([N+](=O)[O-])c4)cc3C3C(CCCCO)C(CCCCO)C=C(C(=NOC4CCCCO4)CC1N(CCC)C(=O)Oc1ccc([N+](=O)[O-])cc1)C32. The maximum Gasteiger partial charge on any atom is 0.415 e. The number of nitro groups is 2. The van der Waals surface area contributed by atoms with Crippen LogP contribution in [-0.4, -0.2) is 87.9 Å². The van der Waals surface area contributed by atoms with Crippen LogP contribution in [-0.2, 0) is 14.3 Å². The first-order chi connectivity index (χ1) is 31.6. The van der Waals surface area contributed by atoms with E-state index in [1.165, 1.54) is 36.4 Å². The van der Waals surface area contributed by atoms with Crippen LogP contribution in [0.15, 0.2) is 96.2 Å². The molecule has 0 aromatic heterocycles. The third kappa shape index (κ3) is 10.6. The molecule has 1 amide bonds. The highest BCUT2D eigenvalue weighted by Gasteiger charge is 2.65. The summed E-state index contributed by atoms with van der Waals surface area (Å²) in [6, 6.07) is 15.8. The van der Waals surface area contributed by atoms with Gasteiger partial charge in [0, 0.05) is 62.3 Å². The van der Waals surface area contributed by atoms with Gasteiger partial charge in [0.25, 0.3) is 11.4 Å².